The van der Waals surface area contributed by atoms with E-state index in [2.05, 4.69) is 17.6 Å². The van der Waals surface area contributed by atoms with Crippen LogP contribution >= 0.6 is 0 Å². The molecule has 1 aromatic rings. The first-order chi connectivity index (χ1) is 17.6. The number of hydrogen-bond acceptors (Lipinski definition) is 5. The van der Waals surface area contributed by atoms with Crippen LogP contribution in [0, 0.1) is 0 Å². The zero-order valence-electron chi connectivity index (χ0n) is 24.5. The number of carbonyl (C=O) groups excluding carboxylic acids is 4. The molecule has 0 fully saturated rings. The van der Waals surface area contributed by atoms with E-state index < -0.39 is 41.1 Å². The molecular weight excluding hydrogens is 484 g/mol. The first-order valence-corrected chi connectivity index (χ1v) is 13.6. The predicted molar refractivity (Wildman–Crippen MR) is 149 cm³/mol. The summed E-state index contributed by atoms with van der Waals surface area (Å²) in [6, 6.07) is 5.60. The number of nitrogens with two attached hydrogens (primary N) is 1. The van der Waals surface area contributed by atoms with Crippen LogP contribution in [0.4, 0.5) is 4.79 Å². The number of primary amides is 1. The van der Waals surface area contributed by atoms with Crippen LogP contribution in [0.1, 0.15) is 105 Å². The van der Waals surface area contributed by atoms with Gasteiger partial charge in [0.05, 0.1) is 0 Å². The van der Waals surface area contributed by atoms with Crippen molar-refractivity contribution >= 4 is 23.8 Å². The minimum atomic E-state index is -1.10. The fourth-order valence-electron chi connectivity index (χ4n) is 3.94. The fourth-order valence-corrected chi connectivity index (χ4v) is 3.94. The molecule has 9 heteroatoms. The summed E-state index contributed by atoms with van der Waals surface area (Å²) in [4.78, 5) is 53.5. The summed E-state index contributed by atoms with van der Waals surface area (Å²) in [6.07, 6.45) is 2.39. The molecule has 9 nitrogen and oxygen atoms in total. The molecule has 4 N–H and O–H groups in total. The summed E-state index contributed by atoms with van der Waals surface area (Å²) in [5.74, 6) is -1.39. The van der Waals surface area contributed by atoms with Gasteiger partial charge in [-0.05, 0) is 71.9 Å². The molecule has 0 aliphatic heterocycles. The Bertz CT molecular complexity index is 932. The number of nitrogens with zero attached hydrogens (tertiary/aromatic N) is 1. The Morgan fingerprint density at radius 1 is 0.974 bits per heavy atom. The number of rotatable bonds is 13. The van der Waals surface area contributed by atoms with Gasteiger partial charge in [0.2, 0.25) is 17.7 Å². The lowest BCUT2D eigenvalue weighted by molar-refractivity contribution is -0.143. The van der Waals surface area contributed by atoms with Crippen LogP contribution in [0.5, 0.6) is 0 Å². The minimum absolute atomic E-state index is 0.0138. The molecule has 0 aliphatic rings. The Morgan fingerprint density at radius 3 is 2.05 bits per heavy atom. The van der Waals surface area contributed by atoms with Gasteiger partial charge < -0.3 is 26.0 Å². The molecule has 1 aromatic carbocycles. The Balaban J connectivity index is 3.54. The van der Waals surface area contributed by atoms with Crippen LogP contribution in [-0.2, 0) is 25.5 Å². The van der Waals surface area contributed by atoms with Crippen LogP contribution in [0.25, 0.3) is 0 Å². The molecule has 0 bridgehead atoms. The predicted octanol–water partition coefficient (Wildman–Crippen LogP) is 4.38. The molecule has 2 atom stereocenters. The molecule has 1 rings (SSSR count). The van der Waals surface area contributed by atoms with E-state index in [1.807, 2.05) is 52.0 Å². The average Bonchev–Trinajstić information content (AvgIpc) is 2.78. The Labute approximate surface area is 228 Å². The van der Waals surface area contributed by atoms with E-state index in [1.165, 1.54) is 4.90 Å². The van der Waals surface area contributed by atoms with E-state index in [0.29, 0.717) is 18.5 Å². The summed E-state index contributed by atoms with van der Waals surface area (Å²) >= 11 is 0. The smallest absolute Gasteiger partial charge is 0.408 e. The lowest BCUT2D eigenvalue weighted by atomic mass is 9.98. The molecule has 0 saturated heterocycles. The van der Waals surface area contributed by atoms with Crippen molar-refractivity contribution in [2.45, 2.75) is 117 Å². The third-order valence-corrected chi connectivity index (χ3v) is 5.72. The summed E-state index contributed by atoms with van der Waals surface area (Å²) < 4.78 is 5.37. The van der Waals surface area contributed by atoms with E-state index in [0.717, 1.165) is 24.8 Å². The summed E-state index contributed by atoms with van der Waals surface area (Å²) in [6.45, 7) is 15.2. The Morgan fingerprint density at radius 2 is 1.58 bits per heavy atom. The van der Waals surface area contributed by atoms with Crippen molar-refractivity contribution in [1.29, 1.82) is 0 Å². The van der Waals surface area contributed by atoms with Gasteiger partial charge in [-0.3, -0.25) is 14.4 Å². The molecule has 2 unspecified atom stereocenters. The van der Waals surface area contributed by atoms with Crippen LogP contribution in [-0.4, -0.2) is 52.4 Å². The summed E-state index contributed by atoms with van der Waals surface area (Å²) in [5, 5.41) is 5.63. The van der Waals surface area contributed by atoms with Crippen molar-refractivity contribution in [1.82, 2.24) is 15.5 Å². The van der Waals surface area contributed by atoms with E-state index in [-0.39, 0.29) is 18.7 Å². The first-order valence-electron chi connectivity index (χ1n) is 13.6. The molecule has 0 radical (unpaired) electrons. The summed E-state index contributed by atoms with van der Waals surface area (Å²) in [5.41, 5.74) is 5.84. The largest absolute Gasteiger partial charge is 0.444 e. The number of unbranched alkanes of at least 4 members (excludes halogenated alkanes) is 2. The van der Waals surface area contributed by atoms with Crippen LogP contribution < -0.4 is 16.4 Å². The van der Waals surface area contributed by atoms with Gasteiger partial charge in [-0.25, -0.2) is 4.79 Å². The van der Waals surface area contributed by atoms with Gasteiger partial charge in [0, 0.05) is 18.5 Å². The van der Waals surface area contributed by atoms with Crippen molar-refractivity contribution in [2.24, 2.45) is 5.73 Å². The lowest BCUT2D eigenvalue weighted by Crippen LogP contribution is -2.55. The fraction of sp³-hybridized carbons (Fsp3) is 0.655. The zero-order chi connectivity index (χ0) is 29.1. The number of carbonyl (C=O) groups is 4. The SMILES string of the molecule is CCCCCN(C(=O)C(CCC(N)=O)NC(=O)OC(C)(C)C)C(C(=O)NC(C)(C)C)c1ccc(CC)cc1. The van der Waals surface area contributed by atoms with Gasteiger partial charge in [-0.15, -0.1) is 0 Å². The van der Waals surface area contributed by atoms with Crippen molar-refractivity contribution in [3.63, 3.8) is 0 Å². The van der Waals surface area contributed by atoms with E-state index >= 15 is 0 Å². The highest BCUT2D eigenvalue weighted by molar-refractivity contribution is 5.92. The Kier molecular flexibility index (Phi) is 12.8. The highest BCUT2D eigenvalue weighted by Gasteiger charge is 2.37. The molecule has 0 aliphatic carbocycles. The monoisotopic (exact) mass is 532 g/mol. The second-order valence-electron chi connectivity index (χ2n) is 11.7. The molecule has 0 aromatic heterocycles. The van der Waals surface area contributed by atoms with E-state index in [9.17, 15) is 19.2 Å². The van der Waals surface area contributed by atoms with Gasteiger partial charge >= 0.3 is 6.09 Å². The highest BCUT2D eigenvalue weighted by atomic mass is 16.6. The van der Waals surface area contributed by atoms with Crippen molar-refractivity contribution in [3.05, 3.63) is 35.4 Å². The van der Waals surface area contributed by atoms with Crippen LogP contribution in [0.15, 0.2) is 24.3 Å². The second-order valence-corrected chi connectivity index (χ2v) is 11.7. The van der Waals surface area contributed by atoms with Gasteiger partial charge in [-0.1, -0.05) is 51.0 Å². The van der Waals surface area contributed by atoms with Crippen molar-refractivity contribution in [2.75, 3.05) is 6.54 Å². The van der Waals surface area contributed by atoms with Crippen molar-refractivity contribution in [3.8, 4) is 0 Å². The Hall–Kier alpha value is -3.10. The van der Waals surface area contributed by atoms with Crippen LogP contribution in [0.3, 0.4) is 0 Å². The number of alkyl carbamates (subject to hydrolysis) is 1. The van der Waals surface area contributed by atoms with Gasteiger partial charge in [-0.2, -0.15) is 0 Å². The molecule has 0 heterocycles. The molecule has 0 spiro atoms. The normalized spacial score (nSPS) is 13.3. The third kappa shape index (κ3) is 12.0. The number of benzene rings is 1. The maximum atomic E-state index is 14.1. The molecule has 0 saturated carbocycles. The van der Waals surface area contributed by atoms with Crippen molar-refractivity contribution < 1.29 is 23.9 Å². The topological polar surface area (TPSA) is 131 Å². The standard InChI is InChI=1S/C29H48N4O5/c1-9-11-12-19-33(26(36)22(17-18-23(30)34)31-27(37)38-29(6,7)8)24(25(35)32-28(3,4)5)21-15-13-20(10-2)14-16-21/h13-16,22,24H,9-12,17-19H2,1-8H3,(H2,30,34)(H,31,37)(H,32,35). The number of ether oxygens (including phenoxy) is 1. The van der Waals surface area contributed by atoms with Crippen LogP contribution in [0.2, 0.25) is 0 Å². The first kappa shape index (κ1) is 32.9. The maximum Gasteiger partial charge on any atom is 0.408 e. The zero-order valence-corrected chi connectivity index (χ0v) is 24.5. The maximum absolute atomic E-state index is 14.1. The quantitative estimate of drug-likeness (QED) is 0.325. The highest BCUT2D eigenvalue weighted by Crippen LogP contribution is 2.26. The number of hydrogen-bond donors (Lipinski definition) is 3. The second kappa shape index (κ2) is 14.7. The molecular formula is C29H48N4O5. The average molecular weight is 533 g/mol. The molecule has 38 heavy (non-hydrogen) atoms. The van der Waals surface area contributed by atoms with Gasteiger partial charge in [0.25, 0.3) is 0 Å². The number of aryl methyl sites for hydroxylation is 1. The molecule has 4 amide bonds. The minimum Gasteiger partial charge on any atom is -0.444 e. The van der Waals surface area contributed by atoms with E-state index in [4.69, 9.17) is 10.5 Å². The lowest BCUT2D eigenvalue weighted by Gasteiger charge is -2.36. The van der Waals surface area contributed by atoms with E-state index in [1.54, 1.807) is 20.8 Å². The van der Waals surface area contributed by atoms with Gasteiger partial charge in [0.1, 0.15) is 17.7 Å². The third-order valence-electron chi connectivity index (χ3n) is 5.72. The molecule has 214 valence electrons. The number of nitrogens with one attached hydrogen (secondary N) is 2. The van der Waals surface area contributed by atoms with Gasteiger partial charge in [0.15, 0.2) is 0 Å². The number of amides is 4. The summed E-state index contributed by atoms with van der Waals surface area (Å²) in [7, 11) is 0.